The molecule has 0 aliphatic carbocycles. The zero-order valence-electron chi connectivity index (χ0n) is 8.05. The molecule has 11 heavy (non-hydrogen) atoms. The first-order valence-corrected chi connectivity index (χ1v) is 5.56. The Morgan fingerprint density at radius 1 is 1.45 bits per heavy atom. The lowest BCUT2D eigenvalue weighted by atomic mass is 9.84. The Labute approximate surface area is 74.5 Å². The molecule has 0 aromatic carbocycles. The third-order valence-electron chi connectivity index (χ3n) is 2.61. The molecule has 1 rings (SSSR count). The Hall–Kier alpha value is 0.310. The van der Waals surface area contributed by atoms with Crippen LogP contribution in [0.5, 0.6) is 0 Å². The van der Waals surface area contributed by atoms with Gasteiger partial charge in [-0.25, -0.2) is 0 Å². The fraction of sp³-hybridized carbons (Fsp3) is 1.00. The van der Waals surface area contributed by atoms with Crippen LogP contribution in [0.4, 0.5) is 0 Å². The number of piperidine rings is 1. The maximum atomic E-state index is 2.44. The summed E-state index contributed by atoms with van der Waals surface area (Å²) in [7, 11) is 2.22. The molecule has 66 valence electrons. The summed E-state index contributed by atoms with van der Waals surface area (Å²) in [6.07, 6.45) is 3.59. The van der Waals surface area contributed by atoms with Gasteiger partial charge in [-0.05, 0) is 31.7 Å². The van der Waals surface area contributed by atoms with Crippen LogP contribution in [0.2, 0.25) is 0 Å². The third kappa shape index (κ3) is 2.12. The van der Waals surface area contributed by atoms with E-state index in [1.54, 1.807) is 0 Å². The second-order valence-electron chi connectivity index (χ2n) is 4.24. The average Bonchev–Trinajstić information content (AvgIpc) is 1.85. The summed E-state index contributed by atoms with van der Waals surface area (Å²) in [5.41, 5.74) is 0.506. The summed E-state index contributed by atoms with van der Waals surface area (Å²) >= 11 is 2.03. The minimum Gasteiger partial charge on any atom is -0.306 e. The van der Waals surface area contributed by atoms with E-state index < -0.39 is 0 Å². The minimum atomic E-state index is 0.506. The number of nitrogens with zero attached hydrogens (tertiary/aromatic N) is 1. The normalized spacial score (nSPS) is 32.2. The SMILES string of the molecule is CSC1CCN(C)CC1(C)C. The zero-order valence-corrected chi connectivity index (χ0v) is 8.87. The van der Waals surface area contributed by atoms with Crippen molar-refractivity contribution in [3.05, 3.63) is 0 Å². The van der Waals surface area contributed by atoms with Gasteiger partial charge in [-0.2, -0.15) is 11.8 Å². The highest BCUT2D eigenvalue weighted by Crippen LogP contribution is 2.35. The van der Waals surface area contributed by atoms with Gasteiger partial charge >= 0.3 is 0 Å². The van der Waals surface area contributed by atoms with Gasteiger partial charge in [-0.15, -0.1) is 0 Å². The molecule has 1 heterocycles. The van der Waals surface area contributed by atoms with Gasteiger partial charge in [0.1, 0.15) is 0 Å². The summed E-state index contributed by atoms with van der Waals surface area (Å²) < 4.78 is 0. The largest absolute Gasteiger partial charge is 0.306 e. The van der Waals surface area contributed by atoms with E-state index in [2.05, 4.69) is 32.1 Å². The molecule has 1 fully saturated rings. The molecular formula is C9H19NS. The van der Waals surface area contributed by atoms with Crippen LogP contribution in [-0.4, -0.2) is 36.5 Å². The van der Waals surface area contributed by atoms with Crippen LogP contribution in [0.25, 0.3) is 0 Å². The number of hydrogen-bond donors (Lipinski definition) is 0. The molecule has 1 aliphatic heterocycles. The molecule has 0 saturated carbocycles. The molecule has 1 atom stereocenters. The van der Waals surface area contributed by atoms with Crippen molar-refractivity contribution in [2.75, 3.05) is 26.4 Å². The van der Waals surface area contributed by atoms with E-state index in [4.69, 9.17) is 0 Å². The first-order valence-electron chi connectivity index (χ1n) is 4.27. The van der Waals surface area contributed by atoms with Crippen LogP contribution in [0.15, 0.2) is 0 Å². The lowest BCUT2D eigenvalue weighted by Crippen LogP contribution is -2.45. The van der Waals surface area contributed by atoms with E-state index in [0.717, 1.165) is 5.25 Å². The van der Waals surface area contributed by atoms with Gasteiger partial charge in [-0.1, -0.05) is 13.8 Å². The Morgan fingerprint density at radius 3 is 2.55 bits per heavy atom. The van der Waals surface area contributed by atoms with Gasteiger partial charge in [-0.3, -0.25) is 0 Å². The molecular weight excluding hydrogens is 154 g/mol. The Bertz CT molecular complexity index is 134. The third-order valence-corrected chi connectivity index (χ3v) is 4.05. The lowest BCUT2D eigenvalue weighted by Gasteiger charge is -2.42. The summed E-state index contributed by atoms with van der Waals surface area (Å²) in [5.74, 6) is 0. The van der Waals surface area contributed by atoms with E-state index in [1.807, 2.05) is 11.8 Å². The highest BCUT2D eigenvalue weighted by Gasteiger charge is 2.33. The molecule has 0 aromatic rings. The minimum absolute atomic E-state index is 0.506. The summed E-state index contributed by atoms with van der Waals surface area (Å²) in [6, 6.07) is 0. The standard InChI is InChI=1S/C9H19NS/c1-9(2)7-10(3)6-5-8(9)11-4/h8H,5-7H2,1-4H3. The predicted octanol–water partition coefficient (Wildman–Crippen LogP) is 2.08. The molecule has 2 heteroatoms. The molecule has 0 N–H and O–H groups in total. The van der Waals surface area contributed by atoms with E-state index >= 15 is 0 Å². The van der Waals surface area contributed by atoms with Crippen molar-refractivity contribution in [1.82, 2.24) is 4.90 Å². The molecule has 1 nitrogen and oxygen atoms in total. The fourth-order valence-corrected chi connectivity index (χ4v) is 3.10. The fourth-order valence-electron chi connectivity index (χ4n) is 2.04. The molecule has 1 aliphatic rings. The topological polar surface area (TPSA) is 3.24 Å². The summed E-state index contributed by atoms with van der Waals surface area (Å²) in [5, 5.41) is 0.860. The van der Waals surface area contributed by atoms with Crippen molar-refractivity contribution in [2.24, 2.45) is 5.41 Å². The first-order chi connectivity index (χ1) is 5.06. The van der Waals surface area contributed by atoms with Crippen molar-refractivity contribution >= 4 is 11.8 Å². The van der Waals surface area contributed by atoms with Crippen molar-refractivity contribution in [2.45, 2.75) is 25.5 Å². The van der Waals surface area contributed by atoms with Crippen molar-refractivity contribution in [3.63, 3.8) is 0 Å². The number of rotatable bonds is 1. The van der Waals surface area contributed by atoms with Gasteiger partial charge in [0, 0.05) is 11.8 Å². The van der Waals surface area contributed by atoms with Crippen LogP contribution in [0.1, 0.15) is 20.3 Å². The van der Waals surface area contributed by atoms with Crippen molar-refractivity contribution in [1.29, 1.82) is 0 Å². The van der Waals surface area contributed by atoms with Crippen LogP contribution < -0.4 is 0 Å². The zero-order chi connectivity index (χ0) is 8.48. The molecule has 0 amide bonds. The Morgan fingerprint density at radius 2 is 2.09 bits per heavy atom. The van der Waals surface area contributed by atoms with Crippen LogP contribution >= 0.6 is 11.8 Å². The molecule has 0 aromatic heterocycles. The smallest absolute Gasteiger partial charge is 0.0120 e. The van der Waals surface area contributed by atoms with Crippen molar-refractivity contribution < 1.29 is 0 Å². The molecule has 0 radical (unpaired) electrons. The highest BCUT2D eigenvalue weighted by molar-refractivity contribution is 7.99. The maximum absolute atomic E-state index is 2.44. The van der Waals surface area contributed by atoms with Crippen molar-refractivity contribution in [3.8, 4) is 0 Å². The van der Waals surface area contributed by atoms with Crippen LogP contribution in [0.3, 0.4) is 0 Å². The molecule has 0 spiro atoms. The second kappa shape index (κ2) is 3.36. The van der Waals surface area contributed by atoms with E-state index in [-0.39, 0.29) is 0 Å². The van der Waals surface area contributed by atoms with E-state index in [0.29, 0.717) is 5.41 Å². The molecule has 1 saturated heterocycles. The monoisotopic (exact) mass is 173 g/mol. The van der Waals surface area contributed by atoms with Crippen LogP contribution in [-0.2, 0) is 0 Å². The quantitative estimate of drug-likeness (QED) is 0.597. The van der Waals surface area contributed by atoms with Gasteiger partial charge in [0.25, 0.3) is 0 Å². The Kier molecular flexibility index (Phi) is 2.87. The van der Waals surface area contributed by atoms with Gasteiger partial charge in [0.15, 0.2) is 0 Å². The lowest BCUT2D eigenvalue weighted by molar-refractivity contribution is 0.151. The second-order valence-corrected chi connectivity index (χ2v) is 5.28. The average molecular weight is 173 g/mol. The molecule has 0 bridgehead atoms. The van der Waals surface area contributed by atoms with E-state index in [1.165, 1.54) is 19.5 Å². The highest BCUT2D eigenvalue weighted by atomic mass is 32.2. The number of hydrogen-bond acceptors (Lipinski definition) is 2. The number of thioether (sulfide) groups is 1. The first kappa shape index (κ1) is 9.40. The molecule has 1 unspecified atom stereocenters. The van der Waals surface area contributed by atoms with E-state index in [9.17, 15) is 0 Å². The summed E-state index contributed by atoms with van der Waals surface area (Å²) in [6.45, 7) is 7.28. The maximum Gasteiger partial charge on any atom is 0.0120 e. The van der Waals surface area contributed by atoms with Gasteiger partial charge < -0.3 is 4.90 Å². The van der Waals surface area contributed by atoms with Gasteiger partial charge in [0.05, 0.1) is 0 Å². The Balaban J connectivity index is 2.56. The van der Waals surface area contributed by atoms with Gasteiger partial charge in [0.2, 0.25) is 0 Å². The summed E-state index contributed by atoms with van der Waals surface area (Å²) in [4.78, 5) is 2.44. The van der Waals surface area contributed by atoms with Crippen LogP contribution in [0, 0.1) is 5.41 Å². The number of likely N-dealkylation sites (tertiary alicyclic amines) is 1. The predicted molar refractivity (Wildman–Crippen MR) is 53.2 cm³/mol.